The molecule has 2 rings (SSSR count). The highest BCUT2D eigenvalue weighted by molar-refractivity contribution is 6.33. The van der Waals surface area contributed by atoms with E-state index in [1.54, 1.807) is 13.0 Å². The molecule has 0 bridgehead atoms. The fourth-order valence-electron chi connectivity index (χ4n) is 2.20. The largest absolute Gasteiger partial charge is 0.373 e. The summed E-state index contributed by atoms with van der Waals surface area (Å²) in [6.45, 7) is 4.40. The summed E-state index contributed by atoms with van der Waals surface area (Å²) in [6.07, 6.45) is 1.89. The molecule has 1 nitrogen and oxygen atoms in total. The average molecular weight is 277 g/mol. The molecule has 0 spiro atoms. The lowest BCUT2D eigenvalue weighted by atomic mass is 9.92. The van der Waals surface area contributed by atoms with Crippen molar-refractivity contribution in [2.45, 2.75) is 37.7 Å². The summed E-state index contributed by atoms with van der Waals surface area (Å²) in [4.78, 5) is 0. The Morgan fingerprint density at radius 2 is 2.18 bits per heavy atom. The lowest BCUT2D eigenvalue weighted by Gasteiger charge is -2.29. The maximum atomic E-state index is 13.3. The Balaban J connectivity index is 2.36. The van der Waals surface area contributed by atoms with Crippen LogP contribution in [-0.4, -0.2) is 12.2 Å². The van der Waals surface area contributed by atoms with Crippen molar-refractivity contribution in [3.8, 4) is 0 Å². The van der Waals surface area contributed by atoms with Crippen molar-refractivity contribution in [3.63, 3.8) is 0 Å². The average Bonchev–Trinajstić information content (AvgIpc) is 2.71. The Labute approximate surface area is 111 Å². The van der Waals surface area contributed by atoms with Crippen LogP contribution in [0, 0.1) is 12.7 Å². The third-order valence-corrected chi connectivity index (χ3v) is 4.36. The van der Waals surface area contributed by atoms with E-state index >= 15 is 0 Å². The molecule has 0 aromatic heterocycles. The number of rotatable bonds is 2. The standard InChI is InChI=1S/C13H15Cl2FO/c1-8-6-9(10(14)7-11(8)16)12(15)13(2)4-3-5-17-13/h6-7,12H,3-5H2,1-2H3. The molecule has 1 heterocycles. The number of alkyl halides is 1. The van der Waals surface area contributed by atoms with Gasteiger partial charge in [0.2, 0.25) is 0 Å². The summed E-state index contributed by atoms with van der Waals surface area (Å²) in [7, 11) is 0. The normalized spacial score (nSPS) is 26.2. The highest BCUT2D eigenvalue weighted by Crippen LogP contribution is 2.44. The predicted molar refractivity (Wildman–Crippen MR) is 68.3 cm³/mol. The van der Waals surface area contributed by atoms with E-state index in [0.717, 1.165) is 25.0 Å². The summed E-state index contributed by atoms with van der Waals surface area (Å²) >= 11 is 12.5. The van der Waals surface area contributed by atoms with Gasteiger partial charge in [0.25, 0.3) is 0 Å². The maximum Gasteiger partial charge on any atom is 0.127 e. The molecule has 1 aromatic rings. The number of aryl methyl sites for hydroxylation is 1. The van der Waals surface area contributed by atoms with Gasteiger partial charge in [-0.3, -0.25) is 0 Å². The molecule has 2 unspecified atom stereocenters. The third kappa shape index (κ3) is 2.44. The van der Waals surface area contributed by atoms with E-state index < -0.39 is 5.60 Å². The second kappa shape index (κ2) is 4.75. The number of benzene rings is 1. The molecular formula is C13H15Cl2FO. The number of hydrogen-bond donors (Lipinski definition) is 0. The Kier molecular flexibility index (Phi) is 3.67. The molecule has 17 heavy (non-hydrogen) atoms. The molecule has 0 radical (unpaired) electrons. The minimum Gasteiger partial charge on any atom is -0.373 e. The first-order valence-corrected chi connectivity index (χ1v) is 6.49. The van der Waals surface area contributed by atoms with Crippen LogP contribution in [0.5, 0.6) is 0 Å². The monoisotopic (exact) mass is 276 g/mol. The summed E-state index contributed by atoms with van der Waals surface area (Å²) in [5.41, 5.74) is 0.892. The van der Waals surface area contributed by atoms with Crippen molar-refractivity contribution in [3.05, 3.63) is 34.1 Å². The Morgan fingerprint density at radius 3 is 2.76 bits per heavy atom. The SMILES string of the molecule is Cc1cc(C(Cl)C2(C)CCCO2)c(Cl)cc1F. The van der Waals surface area contributed by atoms with Crippen LogP contribution in [0.1, 0.15) is 36.3 Å². The smallest absolute Gasteiger partial charge is 0.127 e. The van der Waals surface area contributed by atoms with Crippen LogP contribution in [0.2, 0.25) is 5.02 Å². The first-order chi connectivity index (χ1) is 7.94. The zero-order chi connectivity index (χ0) is 12.6. The zero-order valence-electron chi connectivity index (χ0n) is 9.90. The molecule has 2 atom stereocenters. The first-order valence-electron chi connectivity index (χ1n) is 5.67. The van der Waals surface area contributed by atoms with Gasteiger partial charge in [0, 0.05) is 11.6 Å². The van der Waals surface area contributed by atoms with Gasteiger partial charge in [-0.05, 0) is 43.9 Å². The second-order valence-electron chi connectivity index (χ2n) is 4.75. The van der Waals surface area contributed by atoms with Gasteiger partial charge < -0.3 is 4.74 Å². The van der Waals surface area contributed by atoms with Gasteiger partial charge in [-0.15, -0.1) is 11.6 Å². The summed E-state index contributed by atoms with van der Waals surface area (Å²) in [5.74, 6) is -0.305. The summed E-state index contributed by atoms with van der Waals surface area (Å²) in [5, 5.41) is 0.0154. The Hall–Kier alpha value is -0.310. The fourth-order valence-corrected chi connectivity index (χ4v) is 2.87. The van der Waals surface area contributed by atoms with Crippen molar-refractivity contribution >= 4 is 23.2 Å². The molecule has 1 aliphatic rings. The molecule has 0 amide bonds. The molecule has 0 N–H and O–H groups in total. The third-order valence-electron chi connectivity index (χ3n) is 3.34. The van der Waals surface area contributed by atoms with E-state index in [0.29, 0.717) is 10.6 Å². The van der Waals surface area contributed by atoms with E-state index in [1.807, 2.05) is 6.92 Å². The van der Waals surface area contributed by atoms with Crippen molar-refractivity contribution in [2.75, 3.05) is 6.61 Å². The topological polar surface area (TPSA) is 9.23 Å². The first kappa shape index (κ1) is 13.1. The second-order valence-corrected chi connectivity index (χ2v) is 5.59. The van der Waals surface area contributed by atoms with Crippen LogP contribution in [0.3, 0.4) is 0 Å². The molecule has 0 aliphatic carbocycles. The van der Waals surface area contributed by atoms with Crippen LogP contribution < -0.4 is 0 Å². The summed E-state index contributed by atoms with van der Waals surface area (Å²) < 4.78 is 19.0. The van der Waals surface area contributed by atoms with Crippen LogP contribution in [0.4, 0.5) is 4.39 Å². The molecule has 4 heteroatoms. The number of halogens is 3. The van der Waals surface area contributed by atoms with Gasteiger partial charge >= 0.3 is 0 Å². The molecule has 0 saturated carbocycles. The highest BCUT2D eigenvalue weighted by atomic mass is 35.5. The van der Waals surface area contributed by atoms with Crippen LogP contribution in [0.15, 0.2) is 12.1 Å². The van der Waals surface area contributed by atoms with Gasteiger partial charge in [-0.2, -0.15) is 0 Å². The van der Waals surface area contributed by atoms with Crippen LogP contribution >= 0.6 is 23.2 Å². The lowest BCUT2D eigenvalue weighted by molar-refractivity contribution is 0.0164. The van der Waals surface area contributed by atoms with Crippen molar-refractivity contribution in [2.24, 2.45) is 0 Å². The lowest BCUT2D eigenvalue weighted by Crippen LogP contribution is -2.29. The van der Waals surface area contributed by atoms with E-state index in [-0.39, 0.29) is 11.2 Å². The Bertz CT molecular complexity index is 428. The van der Waals surface area contributed by atoms with Gasteiger partial charge in [0.1, 0.15) is 5.82 Å². The van der Waals surface area contributed by atoms with E-state index in [1.165, 1.54) is 6.07 Å². The van der Waals surface area contributed by atoms with Crippen LogP contribution in [-0.2, 0) is 4.74 Å². The minimum absolute atomic E-state index is 0.305. The van der Waals surface area contributed by atoms with Crippen LogP contribution in [0.25, 0.3) is 0 Å². The van der Waals surface area contributed by atoms with Gasteiger partial charge in [0.05, 0.1) is 11.0 Å². The molecule has 1 aromatic carbocycles. The zero-order valence-corrected chi connectivity index (χ0v) is 11.4. The van der Waals surface area contributed by atoms with Gasteiger partial charge in [-0.1, -0.05) is 17.7 Å². The van der Waals surface area contributed by atoms with Crippen molar-refractivity contribution < 1.29 is 9.13 Å². The van der Waals surface area contributed by atoms with E-state index in [2.05, 4.69) is 0 Å². The van der Waals surface area contributed by atoms with Crippen molar-refractivity contribution in [1.29, 1.82) is 0 Å². The quantitative estimate of drug-likeness (QED) is 0.716. The predicted octanol–water partition coefficient (Wildman–Crippen LogP) is 4.64. The molecule has 1 saturated heterocycles. The van der Waals surface area contributed by atoms with E-state index in [4.69, 9.17) is 27.9 Å². The van der Waals surface area contributed by atoms with Gasteiger partial charge in [0.15, 0.2) is 0 Å². The highest BCUT2D eigenvalue weighted by Gasteiger charge is 2.39. The van der Waals surface area contributed by atoms with Crippen molar-refractivity contribution in [1.82, 2.24) is 0 Å². The Morgan fingerprint density at radius 1 is 1.47 bits per heavy atom. The van der Waals surface area contributed by atoms with Gasteiger partial charge in [-0.25, -0.2) is 4.39 Å². The number of ether oxygens (including phenoxy) is 1. The fraction of sp³-hybridized carbons (Fsp3) is 0.538. The minimum atomic E-state index is -0.407. The molecule has 94 valence electrons. The molecule has 1 aliphatic heterocycles. The number of hydrogen-bond acceptors (Lipinski definition) is 1. The molecule has 1 fully saturated rings. The molecular weight excluding hydrogens is 262 g/mol. The maximum absolute atomic E-state index is 13.3. The van der Waals surface area contributed by atoms with E-state index in [9.17, 15) is 4.39 Å². The summed E-state index contributed by atoms with van der Waals surface area (Å²) in [6, 6.07) is 3.03.